The summed E-state index contributed by atoms with van der Waals surface area (Å²) in [5.74, 6) is 1.77. The molecule has 0 amide bonds. The van der Waals surface area contributed by atoms with Crippen LogP contribution in [0.5, 0.6) is 0 Å². The van der Waals surface area contributed by atoms with Gasteiger partial charge >= 0.3 is 0 Å². The molecule has 1 aliphatic carbocycles. The van der Waals surface area contributed by atoms with Crippen molar-refractivity contribution in [2.24, 2.45) is 11.8 Å². The van der Waals surface area contributed by atoms with Crippen LogP contribution in [-0.2, 0) is 0 Å². The molecule has 1 heterocycles. The van der Waals surface area contributed by atoms with Gasteiger partial charge in [0, 0.05) is 18.6 Å². The van der Waals surface area contributed by atoms with E-state index in [1.54, 1.807) is 0 Å². The van der Waals surface area contributed by atoms with Crippen LogP contribution in [0.2, 0.25) is 0 Å². The highest BCUT2D eigenvalue weighted by molar-refractivity contribution is 4.86. The minimum Gasteiger partial charge on any atom is -0.312 e. The van der Waals surface area contributed by atoms with Crippen molar-refractivity contribution in [3.63, 3.8) is 0 Å². The predicted molar refractivity (Wildman–Crippen MR) is 74.2 cm³/mol. The molecule has 100 valence electrons. The lowest BCUT2D eigenvalue weighted by atomic mass is 9.78. The Morgan fingerprint density at radius 1 is 1.12 bits per heavy atom. The van der Waals surface area contributed by atoms with Gasteiger partial charge in [0.05, 0.1) is 0 Å². The Balaban J connectivity index is 1.77. The second-order valence-corrected chi connectivity index (χ2v) is 6.21. The number of nitrogens with one attached hydrogen (secondary N) is 1. The van der Waals surface area contributed by atoms with Crippen molar-refractivity contribution in [2.45, 2.75) is 65.0 Å². The van der Waals surface area contributed by atoms with Gasteiger partial charge in [-0.15, -0.1) is 0 Å². The summed E-state index contributed by atoms with van der Waals surface area (Å²) in [5.41, 5.74) is 0. The SMILES string of the molecule is CCN1CCCC1CNC1CCCC(C)C1C. The zero-order valence-electron chi connectivity index (χ0n) is 11.9. The summed E-state index contributed by atoms with van der Waals surface area (Å²) in [6.07, 6.45) is 7.05. The molecule has 2 nitrogen and oxygen atoms in total. The van der Waals surface area contributed by atoms with Gasteiger partial charge in [-0.2, -0.15) is 0 Å². The number of nitrogens with zero attached hydrogens (tertiary/aromatic N) is 1. The normalized spacial score (nSPS) is 39.7. The average Bonchev–Trinajstić information content (AvgIpc) is 2.78. The molecule has 2 aliphatic rings. The number of hydrogen-bond donors (Lipinski definition) is 1. The van der Waals surface area contributed by atoms with Gasteiger partial charge < -0.3 is 5.32 Å². The first-order valence-corrected chi connectivity index (χ1v) is 7.69. The highest BCUT2D eigenvalue weighted by Gasteiger charge is 2.29. The molecule has 2 rings (SSSR count). The van der Waals surface area contributed by atoms with Gasteiger partial charge in [-0.1, -0.05) is 33.6 Å². The molecule has 4 atom stereocenters. The van der Waals surface area contributed by atoms with Gasteiger partial charge in [-0.25, -0.2) is 0 Å². The number of likely N-dealkylation sites (N-methyl/N-ethyl adjacent to an activating group) is 1. The maximum absolute atomic E-state index is 3.87. The Labute approximate surface area is 107 Å². The van der Waals surface area contributed by atoms with Crippen molar-refractivity contribution in [1.82, 2.24) is 10.2 Å². The van der Waals surface area contributed by atoms with Crippen LogP contribution in [0.4, 0.5) is 0 Å². The van der Waals surface area contributed by atoms with Crippen molar-refractivity contribution in [2.75, 3.05) is 19.6 Å². The smallest absolute Gasteiger partial charge is 0.0221 e. The Bertz CT molecular complexity index is 229. The van der Waals surface area contributed by atoms with Gasteiger partial charge in [0.2, 0.25) is 0 Å². The third kappa shape index (κ3) is 3.23. The zero-order chi connectivity index (χ0) is 12.3. The first-order valence-electron chi connectivity index (χ1n) is 7.69. The van der Waals surface area contributed by atoms with Crippen LogP contribution in [0.25, 0.3) is 0 Å². The van der Waals surface area contributed by atoms with Crippen LogP contribution in [0, 0.1) is 11.8 Å². The van der Waals surface area contributed by atoms with Gasteiger partial charge in [0.1, 0.15) is 0 Å². The fourth-order valence-electron chi connectivity index (χ4n) is 3.70. The van der Waals surface area contributed by atoms with E-state index in [9.17, 15) is 0 Å². The van der Waals surface area contributed by atoms with Gasteiger partial charge in [0.25, 0.3) is 0 Å². The van der Waals surface area contributed by atoms with Crippen LogP contribution < -0.4 is 5.32 Å². The van der Waals surface area contributed by atoms with Crippen molar-refractivity contribution in [3.8, 4) is 0 Å². The highest BCUT2D eigenvalue weighted by Crippen LogP contribution is 2.29. The van der Waals surface area contributed by atoms with E-state index in [0.29, 0.717) is 0 Å². The second-order valence-electron chi connectivity index (χ2n) is 6.21. The number of rotatable bonds is 4. The Morgan fingerprint density at radius 2 is 1.94 bits per heavy atom. The van der Waals surface area contributed by atoms with E-state index in [1.165, 1.54) is 51.7 Å². The minimum absolute atomic E-state index is 0.776. The van der Waals surface area contributed by atoms with Crippen molar-refractivity contribution in [1.29, 1.82) is 0 Å². The molecule has 0 aromatic heterocycles. The minimum atomic E-state index is 0.776. The molecule has 0 bridgehead atoms. The van der Waals surface area contributed by atoms with Crippen LogP contribution in [0.15, 0.2) is 0 Å². The predicted octanol–water partition coefficient (Wildman–Crippen LogP) is 2.89. The molecular weight excluding hydrogens is 208 g/mol. The van der Waals surface area contributed by atoms with Crippen molar-refractivity contribution >= 4 is 0 Å². The molecular formula is C15H30N2. The Hall–Kier alpha value is -0.0800. The fourth-order valence-corrected chi connectivity index (χ4v) is 3.70. The summed E-state index contributed by atoms with van der Waals surface area (Å²) in [7, 11) is 0. The van der Waals surface area contributed by atoms with Crippen molar-refractivity contribution in [3.05, 3.63) is 0 Å². The third-order valence-corrected chi connectivity index (χ3v) is 5.23. The largest absolute Gasteiger partial charge is 0.312 e. The third-order valence-electron chi connectivity index (χ3n) is 5.23. The first-order chi connectivity index (χ1) is 8.22. The van der Waals surface area contributed by atoms with Crippen molar-refractivity contribution < 1.29 is 0 Å². The molecule has 17 heavy (non-hydrogen) atoms. The lowest BCUT2D eigenvalue weighted by Gasteiger charge is -2.36. The standard InChI is InChI=1S/C15H30N2/c1-4-17-10-6-8-14(17)11-16-15-9-5-7-12(2)13(15)3/h12-16H,4-11H2,1-3H3. The summed E-state index contributed by atoms with van der Waals surface area (Å²) in [6.45, 7) is 10.9. The Morgan fingerprint density at radius 3 is 2.71 bits per heavy atom. The maximum Gasteiger partial charge on any atom is 0.0221 e. The number of likely N-dealkylation sites (tertiary alicyclic amines) is 1. The van der Waals surface area contributed by atoms with Crippen LogP contribution in [0.1, 0.15) is 52.9 Å². The van der Waals surface area contributed by atoms with E-state index >= 15 is 0 Å². The second kappa shape index (κ2) is 6.19. The molecule has 0 spiro atoms. The molecule has 0 aromatic carbocycles. The number of hydrogen-bond acceptors (Lipinski definition) is 2. The van der Waals surface area contributed by atoms with E-state index < -0.39 is 0 Å². The molecule has 1 aliphatic heterocycles. The maximum atomic E-state index is 3.87. The van der Waals surface area contributed by atoms with E-state index in [4.69, 9.17) is 0 Å². The quantitative estimate of drug-likeness (QED) is 0.810. The van der Waals surface area contributed by atoms with Gasteiger partial charge in [-0.3, -0.25) is 4.90 Å². The van der Waals surface area contributed by atoms with Gasteiger partial charge in [0.15, 0.2) is 0 Å². The van der Waals surface area contributed by atoms with E-state index in [0.717, 1.165) is 23.9 Å². The lowest BCUT2D eigenvalue weighted by Crippen LogP contribution is -2.46. The summed E-state index contributed by atoms with van der Waals surface area (Å²) in [6, 6.07) is 1.59. The fraction of sp³-hybridized carbons (Fsp3) is 1.00. The van der Waals surface area contributed by atoms with Gasteiger partial charge in [-0.05, 0) is 44.2 Å². The molecule has 0 aromatic rings. The molecule has 2 heteroatoms. The zero-order valence-corrected chi connectivity index (χ0v) is 11.9. The Kier molecular flexibility index (Phi) is 4.87. The van der Waals surface area contributed by atoms with E-state index in [-0.39, 0.29) is 0 Å². The summed E-state index contributed by atoms with van der Waals surface area (Å²) >= 11 is 0. The molecule has 0 radical (unpaired) electrons. The monoisotopic (exact) mass is 238 g/mol. The summed E-state index contributed by atoms with van der Waals surface area (Å²) < 4.78 is 0. The molecule has 2 fully saturated rings. The van der Waals surface area contributed by atoms with Crippen LogP contribution in [0.3, 0.4) is 0 Å². The topological polar surface area (TPSA) is 15.3 Å². The average molecular weight is 238 g/mol. The van der Waals surface area contributed by atoms with E-state index in [1.807, 2.05) is 0 Å². The molecule has 1 N–H and O–H groups in total. The van der Waals surface area contributed by atoms with Crippen LogP contribution in [-0.4, -0.2) is 36.6 Å². The highest BCUT2D eigenvalue weighted by atomic mass is 15.2. The summed E-state index contributed by atoms with van der Waals surface area (Å²) in [4.78, 5) is 2.64. The van der Waals surface area contributed by atoms with Crippen LogP contribution >= 0.6 is 0 Å². The van der Waals surface area contributed by atoms with E-state index in [2.05, 4.69) is 31.0 Å². The molecule has 4 unspecified atom stereocenters. The molecule has 1 saturated carbocycles. The lowest BCUT2D eigenvalue weighted by molar-refractivity contribution is 0.186. The first kappa shape index (κ1) is 13.4. The molecule has 1 saturated heterocycles. The summed E-state index contributed by atoms with van der Waals surface area (Å²) in [5, 5.41) is 3.87.